The van der Waals surface area contributed by atoms with E-state index in [0.29, 0.717) is 17.9 Å². The van der Waals surface area contributed by atoms with Gasteiger partial charge >= 0.3 is 0 Å². The highest BCUT2D eigenvalue weighted by Crippen LogP contribution is 2.17. The van der Waals surface area contributed by atoms with E-state index in [-0.39, 0.29) is 5.92 Å². The lowest BCUT2D eigenvalue weighted by atomic mass is 9.98. The third kappa shape index (κ3) is 4.23. The second-order valence-electron chi connectivity index (χ2n) is 4.91. The van der Waals surface area contributed by atoms with Crippen LogP contribution in [-0.4, -0.2) is 23.4 Å². The summed E-state index contributed by atoms with van der Waals surface area (Å²) in [7, 11) is 0. The van der Waals surface area contributed by atoms with Crippen molar-refractivity contribution in [3.05, 3.63) is 0 Å². The van der Waals surface area contributed by atoms with Crippen LogP contribution in [0.2, 0.25) is 0 Å². The molecule has 0 unspecified atom stereocenters. The zero-order chi connectivity index (χ0) is 12.0. The summed E-state index contributed by atoms with van der Waals surface area (Å²) >= 11 is 0. The lowest BCUT2D eigenvalue weighted by molar-refractivity contribution is -0.138. The molecule has 0 heterocycles. The first-order chi connectivity index (χ1) is 6.95. The van der Waals surface area contributed by atoms with Crippen LogP contribution in [0.25, 0.3) is 0 Å². The predicted octanol–water partition coefficient (Wildman–Crippen LogP) is 3.32. The molecule has 1 atom stereocenters. The van der Waals surface area contributed by atoms with Crippen molar-refractivity contribution in [2.24, 2.45) is 11.8 Å². The number of carbonyl (C=O) groups is 1. The molecule has 1 amide bonds. The van der Waals surface area contributed by atoms with Gasteiger partial charge < -0.3 is 4.90 Å². The molecule has 15 heavy (non-hydrogen) atoms. The first-order valence-electron chi connectivity index (χ1n) is 6.26. The van der Waals surface area contributed by atoms with Crippen LogP contribution in [-0.2, 0) is 4.79 Å². The number of hydrogen-bond acceptors (Lipinski definition) is 1. The SMILES string of the molecule is CCCN(C(=O)C(C)C)[C@@H](CC)C(C)C. The van der Waals surface area contributed by atoms with Gasteiger partial charge in [-0.25, -0.2) is 0 Å². The first kappa shape index (κ1) is 14.5. The van der Waals surface area contributed by atoms with Gasteiger partial charge in [0.05, 0.1) is 0 Å². The molecule has 0 aromatic heterocycles. The number of hydrogen-bond donors (Lipinski definition) is 0. The largest absolute Gasteiger partial charge is 0.339 e. The lowest BCUT2D eigenvalue weighted by Gasteiger charge is -2.35. The van der Waals surface area contributed by atoms with Crippen molar-refractivity contribution >= 4 is 5.91 Å². The van der Waals surface area contributed by atoms with Gasteiger partial charge in [0.1, 0.15) is 0 Å². The number of rotatable bonds is 6. The summed E-state index contributed by atoms with van der Waals surface area (Å²) in [5.41, 5.74) is 0. The van der Waals surface area contributed by atoms with Crippen LogP contribution in [0.5, 0.6) is 0 Å². The molecule has 0 saturated heterocycles. The monoisotopic (exact) mass is 213 g/mol. The van der Waals surface area contributed by atoms with Crippen LogP contribution in [0, 0.1) is 11.8 Å². The van der Waals surface area contributed by atoms with Crippen molar-refractivity contribution in [1.29, 1.82) is 0 Å². The molecule has 0 rings (SSSR count). The van der Waals surface area contributed by atoms with Crippen LogP contribution in [0.1, 0.15) is 54.4 Å². The summed E-state index contributed by atoms with van der Waals surface area (Å²) in [5, 5.41) is 0. The fourth-order valence-electron chi connectivity index (χ4n) is 2.06. The summed E-state index contributed by atoms with van der Waals surface area (Å²) < 4.78 is 0. The zero-order valence-corrected chi connectivity index (χ0v) is 11.2. The molecular weight excluding hydrogens is 186 g/mol. The maximum absolute atomic E-state index is 12.1. The van der Waals surface area contributed by atoms with Gasteiger partial charge in [0.25, 0.3) is 0 Å². The molecule has 0 aliphatic carbocycles. The van der Waals surface area contributed by atoms with Gasteiger partial charge in [0, 0.05) is 18.5 Å². The van der Waals surface area contributed by atoms with Crippen molar-refractivity contribution in [3.63, 3.8) is 0 Å². The van der Waals surface area contributed by atoms with Crippen molar-refractivity contribution in [2.45, 2.75) is 60.4 Å². The van der Waals surface area contributed by atoms with E-state index >= 15 is 0 Å². The molecule has 0 N–H and O–H groups in total. The molecule has 90 valence electrons. The van der Waals surface area contributed by atoms with E-state index in [9.17, 15) is 4.79 Å². The molecule has 2 nitrogen and oxygen atoms in total. The Morgan fingerprint density at radius 1 is 1.13 bits per heavy atom. The van der Waals surface area contributed by atoms with Gasteiger partial charge in [-0.1, -0.05) is 41.5 Å². The molecular formula is C13H27NO. The average Bonchev–Trinajstić information content (AvgIpc) is 2.15. The zero-order valence-electron chi connectivity index (χ0n) is 11.2. The molecule has 0 bridgehead atoms. The highest BCUT2D eigenvalue weighted by molar-refractivity contribution is 5.78. The Labute approximate surface area is 95.0 Å². The highest BCUT2D eigenvalue weighted by atomic mass is 16.2. The van der Waals surface area contributed by atoms with Gasteiger partial charge in [-0.15, -0.1) is 0 Å². The third-order valence-electron chi connectivity index (χ3n) is 2.83. The topological polar surface area (TPSA) is 20.3 Å². The van der Waals surface area contributed by atoms with Crippen LogP contribution in [0.4, 0.5) is 0 Å². The van der Waals surface area contributed by atoms with Gasteiger partial charge in [0.2, 0.25) is 5.91 Å². The maximum Gasteiger partial charge on any atom is 0.225 e. The smallest absolute Gasteiger partial charge is 0.225 e. The quantitative estimate of drug-likeness (QED) is 0.663. The fraction of sp³-hybridized carbons (Fsp3) is 0.923. The van der Waals surface area contributed by atoms with Crippen LogP contribution >= 0.6 is 0 Å². The Morgan fingerprint density at radius 3 is 1.93 bits per heavy atom. The van der Waals surface area contributed by atoms with E-state index in [1.807, 2.05) is 13.8 Å². The second kappa shape index (κ2) is 6.86. The Morgan fingerprint density at radius 2 is 1.67 bits per heavy atom. The molecule has 2 heteroatoms. The van der Waals surface area contributed by atoms with Crippen LogP contribution in [0.3, 0.4) is 0 Å². The third-order valence-corrected chi connectivity index (χ3v) is 2.83. The van der Waals surface area contributed by atoms with Gasteiger partial charge in [0.15, 0.2) is 0 Å². The van der Waals surface area contributed by atoms with Crippen molar-refractivity contribution in [3.8, 4) is 0 Å². The number of amides is 1. The Bertz CT molecular complexity index is 187. The van der Waals surface area contributed by atoms with E-state index in [4.69, 9.17) is 0 Å². The fourth-order valence-corrected chi connectivity index (χ4v) is 2.06. The van der Waals surface area contributed by atoms with E-state index in [0.717, 1.165) is 19.4 Å². The normalized spacial score (nSPS) is 13.3. The summed E-state index contributed by atoms with van der Waals surface area (Å²) in [6.45, 7) is 13.6. The molecule has 0 aromatic carbocycles. The van der Waals surface area contributed by atoms with Gasteiger partial charge in [-0.05, 0) is 18.8 Å². The number of carbonyl (C=O) groups excluding carboxylic acids is 1. The van der Waals surface area contributed by atoms with E-state index in [1.54, 1.807) is 0 Å². The molecule has 0 saturated carbocycles. The maximum atomic E-state index is 12.1. The number of nitrogens with zero attached hydrogens (tertiary/aromatic N) is 1. The molecule has 0 aliphatic heterocycles. The summed E-state index contributed by atoms with van der Waals surface area (Å²) in [4.78, 5) is 14.1. The summed E-state index contributed by atoms with van der Waals surface area (Å²) in [5.74, 6) is 0.964. The van der Waals surface area contributed by atoms with Crippen molar-refractivity contribution < 1.29 is 4.79 Å². The van der Waals surface area contributed by atoms with E-state index < -0.39 is 0 Å². The van der Waals surface area contributed by atoms with E-state index in [2.05, 4.69) is 32.6 Å². The minimum Gasteiger partial charge on any atom is -0.339 e. The first-order valence-corrected chi connectivity index (χ1v) is 6.26. The Hall–Kier alpha value is -0.530. The van der Waals surface area contributed by atoms with E-state index in [1.165, 1.54) is 0 Å². The summed E-state index contributed by atoms with van der Waals surface area (Å²) in [6, 6.07) is 0.403. The molecule has 0 fully saturated rings. The Kier molecular flexibility index (Phi) is 6.62. The minimum absolute atomic E-state index is 0.115. The highest BCUT2D eigenvalue weighted by Gasteiger charge is 2.25. The van der Waals surface area contributed by atoms with Crippen LogP contribution < -0.4 is 0 Å². The Balaban J connectivity index is 4.68. The summed E-state index contributed by atoms with van der Waals surface area (Å²) in [6.07, 6.45) is 2.10. The van der Waals surface area contributed by atoms with Crippen LogP contribution in [0.15, 0.2) is 0 Å². The average molecular weight is 213 g/mol. The van der Waals surface area contributed by atoms with Gasteiger partial charge in [-0.2, -0.15) is 0 Å². The molecule has 0 aromatic rings. The molecule has 0 aliphatic rings. The minimum atomic E-state index is 0.115. The van der Waals surface area contributed by atoms with Gasteiger partial charge in [-0.3, -0.25) is 4.79 Å². The standard InChI is InChI=1S/C13H27NO/c1-7-9-14(13(15)11(5)6)12(8-2)10(3)4/h10-12H,7-9H2,1-6H3/t12-/m0/s1. The van der Waals surface area contributed by atoms with Crippen molar-refractivity contribution in [2.75, 3.05) is 6.54 Å². The van der Waals surface area contributed by atoms with Crippen molar-refractivity contribution in [1.82, 2.24) is 4.90 Å². The second-order valence-corrected chi connectivity index (χ2v) is 4.91. The predicted molar refractivity (Wildman–Crippen MR) is 65.8 cm³/mol. The lowest BCUT2D eigenvalue weighted by Crippen LogP contribution is -2.45. The molecule has 0 radical (unpaired) electrons. The molecule has 0 spiro atoms.